The molecule has 0 aliphatic rings. The summed E-state index contributed by atoms with van der Waals surface area (Å²) in [6, 6.07) is 13.7. The van der Waals surface area contributed by atoms with E-state index in [0.29, 0.717) is 5.69 Å². The van der Waals surface area contributed by atoms with Crippen LogP contribution >= 0.6 is 0 Å². The van der Waals surface area contributed by atoms with Gasteiger partial charge in [-0.25, -0.2) is 9.67 Å². The Balaban J connectivity index is 1.58. The first-order chi connectivity index (χ1) is 13.5. The molecule has 1 aromatic carbocycles. The number of aromatic nitrogens is 4. The molecule has 0 fully saturated rings. The second-order valence-corrected chi connectivity index (χ2v) is 7.10. The zero-order valence-corrected chi connectivity index (χ0v) is 16.5. The van der Waals surface area contributed by atoms with Crippen molar-refractivity contribution < 1.29 is 4.79 Å². The van der Waals surface area contributed by atoms with Gasteiger partial charge in [-0.2, -0.15) is 5.10 Å². The summed E-state index contributed by atoms with van der Waals surface area (Å²) in [5.74, 6) is -0.196. The first kappa shape index (κ1) is 18.0. The number of nitrogens with zero attached hydrogens (tertiary/aromatic N) is 4. The number of carbonyl (C=O) groups excluding carboxylic acids is 1. The maximum atomic E-state index is 12.7. The lowest BCUT2D eigenvalue weighted by molar-refractivity contribution is 0.0935. The predicted molar refractivity (Wildman–Crippen MR) is 109 cm³/mol. The number of nitrogens with one attached hydrogen (secondary N) is 1. The number of fused-ring (bicyclic) bond motifs is 1. The van der Waals surface area contributed by atoms with Gasteiger partial charge >= 0.3 is 0 Å². The minimum Gasteiger partial charge on any atom is -0.344 e. The lowest BCUT2D eigenvalue weighted by Gasteiger charge is -2.14. The zero-order chi connectivity index (χ0) is 19.8. The van der Waals surface area contributed by atoms with Crippen molar-refractivity contribution in [3.8, 4) is 5.69 Å². The Hall–Kier alpha value is -3.41. The van der Waals surface area contributed by atoms with E-state index >= 15 is 0 Å². The van der Waals surface area contributed by atoms with Gasteiger partial charge in [0.2, 0.25) is 0 Å². The van der Waals surface area contributed by atoms with Crippen molar-refractivity contribution in [2.24, 2.45) is 0 Å². The highest BCUT2D eigenvalue weighted by molar-refractivity contribution is 5.93. The summed E-state index contributed by atoms with van der Waals surface area (Å²) in [6.07, 6.45) is 3.59. The topological polar surface area (TPSA) is 64.2 Å². The average Bonchev–Trinajstić information content (AvgIpc) is 3.27. The monoisotopic (exact) mass is 373 g/mol. The molecule has 0 saturated carbocycles. The maximum Gasteiger partial charge on any atom is 0.271 e. The molecule has 3 aromatic heterocycles. The zero-order valence-electron chi connectivity index (χ0n) is 16.5. The third-order valence-electron chi connectivity index (χ3n) is 5.13. The number of rotatable bonds is 4. The van der Waals surface area contributed by atoms with E-state index in [2.05, 4.69) is 28.4 Å². The van der Waals surface area contributed by atoms with Gasteiger partial charge in [-0.15, -0.1) is 0 Å². The molecular weight excluding hydrogens is 350 g/mol. The van der Waals surface area contributed by atoms with E-state index < -0.39 is 0 Å². The maximum absolute atomic E-state index is 12.7. The first-order valence-electron chi connectivity index (χ1n) is 9.32. The fourth-order valence-corrected chi connectivity index (χ4v) is 3.50. The Labute approximate surface area is 163 Å². The summed E-state index contributed by atoms with van der Waals surface area (Å²) in [4.78, 5) is 17.2. The number of hydrogen-bond acceptors (Lipinski definition) is 3. The molecule has 0 bridgehead atoms. The first-order valence-corrected chi connectivity index (χ1v) is 9.32. The number of amides is 1. The highest BCUT2D eigenvalue weighted by atomic mass is 16.2. The molecule has 6 heteroatoms. The van der Waals surface area contributed by atoms with Crippen LogP contribution in [-0.4, -0.2) is 25.1 Å². The van der Waals surface area contributed by atoms with Crippen molar-refractivity contribution in [3.05, 3.63) is 83.1 Å². The predicted octanol–water partition coefficient (Wildman–Crippen LogP) is 3.94. The Morgan fingerprint density at radius 2 is 1.86 bits per heavy atom. The number of aryl methyl sites for hydroxylation is 2. The lowest BCUT2D eigenvalue weighted by Crippen LogP contribution is -2.27. The van der Waals surface area contributed by atoms with Crippen molar-refractivity contribution in [2.75, 3.05) is 0 Å². The highest BCUT2D eigenvalue weighted by Gasteiger charge is 2.19. The summed E-state index contributed by atoms with van der Waals surface area (Å²) in [5.41, 5.74) is 6.39. The lowest BCUT2D eigenvalue weighted by atomic mass is 10.1. The van der Waals surface area contributed by atoms with Crippen LogP contribution in [0, 0.1) is 20.8 Å². The van der Waals surface area contributed by atoms with E-state index in [4.69, 9.17) is 0 Å². The van der Waals surface area contributed by atoms with Crippen LogP contribution in [0.2, 0.25) is 0 Å². The highest BCUT2D eigenvalue weighted by Crippen LogP contribution is 2.22. The van der Waals surface area contributed by atoms with Gasteiger partial charge < -0.3 is 9.72 Å². The normalized spacial score (nSPS) is 12.3. The van der Waals surface area contributed by atoms with Crippen LogP contribution in [0.3, 0.4) is 0 Å². The Bertz CT molecular complexity index is 1170. The summed E-state index contributed by atoms with van der Waals surface area (Å²) < 4.78 is 3.84. The smallest absolute Gasteiger partial charge is 0.271 e. The molecule has 28 heavy (non-hydrogen) atoms. The van der Waals surface area contributed by atoms with Crippen molar-refractivity contribution in [3.63, 3.8) is 0 Å². The Kier molecular flexibility index (Phi) is 4.47. The molecule has 0 aliphatic carbocycles. The van der Waals surface area contributed by atoms with Crippen molar-refractivity contribution >= 4 is 11.6 Å². The third kappa shape index (κ3) is 3.07. The SMILES string of the molecule is Cc1ccccc1-n1ncc([C@H](C)NC(=O)c2cn3c(C)cccc3n2)c1C. The summed E-state index contributed by atoms with van der Waals surface area (Å²) in [7, 11) is 0. The van der Waals surface area contributed by atoms with Gasteiger partial charge in [0.15, 0.2) is 0 Å². The summed E-state index contributed by atoms with van der Waals surface area (Å²) >= 11 is 0. The van der Waals surface area contributed by atoms with Crippen LogP contribution in [0.25, 0.3) is 11.3 Å². The Morgan fingerprint density at radius 1 is 1.07 bits per heavy atom. The fraction of sp³-hybridized carbons (Fsp3) is 0.227. The van der Waals surface area contributed by atoms with Gasteiger partial charge in [0, 0.05) is 23.1 Å². The number of para-hydroxylation sites is 1. The molecule has 1 amide bonds. The summed E-state index contributed by atoms with van der Waals surface area (Å²) in [5, 5.41) is 7.58. The van der Waals surface area contributed by atoms with E-state index in [0.717, 1.165) is 33.8 Å². The van der Waals surface area contributed by atoms with Gasteiger partial charge in [0.1, 0.15) is 11.3 Å². The van der Waals surface area contributed by atoms with E-state index in [1.54, 1.807) is 6.20 Å². The van der Waals surface area contributed by atoms with Crippen LogP contribution in [-0.2, 0) is 0 Å². The standard InChI is InChI=1S/C22H23N5O/c1-14-8-5-6-10-20(14)27-17(4)18(12-23-27)16(3)24-22(28)19-13-26-15(2)9-7-11-21(26)25-19/h5-13,16H,1-4H3,(H,24,28)/t16-/m0/s1. The number of imidazole rings is 1. The second-order valence-electron chi connectivity index (χ2n) is 7.10. The molecule has 0 unspecified atom stereocenters. The van der Waals surface area contributed by atoms with Gasteiger partial charge in [-0.1, -0.05) is 24.3 Å². The van der Waals surface area contributed by atoms with E-state index in [1.165, 1.54) is 0 Å². The second kappa shape index (κ2) is 6.96. The molecule has 3 heterocycles. The minimum absolute atomic E-state index is 0.184. The fourth-order valence-electron chi connectivity index (χ4n) is 3.50. The van der Waals surface area contributed by atoms with Crippen molar-refractivity contribution in [2.45, 2.75) is 33.7 Å². The molecule has 0 aliphatic heterocycles. The van der Waals surface area contributed by atoms with Crippen LogP contribution in [0.15, 0.2) is 54.9 Å². The quantitative estimate of drug-likeness (QED) is 0.589. The molecule has 6 nitrogen and oxygen atoms in total. The van der Waals surface area contributed by atoms with Gasteiger partial charge in [0.05, 0.1) is 17.9 Å². The molecule has 0 saturated heterocycles. The van der Waals surface area contributed by atoms with Gasteiger partial charge in [-0.05, 0) is 51.5 Å². The minimum atomic E-state index is -0.196. The summed E-state index contributed by atoms with van der Waals surface area (Å²) in [6.45, 7) is 8.03. The van der Waals surface area contributed by atoms with E-state index in [9.17, 15) is 4.79 Å². The molecule has 1 atom stereocenters. The van der Waals surface area contributed by atoms with Crippen molar-refractivity contribution in [1.29, 1.82) is 0 Å². The van der Waals surface area contributed by atoms with E-state index in [-0.39, 0.29) is 11.9 Å². The number of carbonyl (C=O) groups is 1. The van der Waals surface area contributed by atoms with Crippen LogP contribution in [0.5, 0.6) is 0 Å². The molecule has 4 aromatic rings. The molecule has 0 radical (unpaired) electrons. The Morgan fingerprint density at radius 3 is 2.61 bits per heavy atom. The molecule has 1 N–H and O–H groups in total. The number of pyridine rings is 1. The number of hydrogen-bond donors (Lipinski definition) is 1. The largest absolute Gasteiger partial charge is 0.344 e. The number of benzene rings is 1. The molecular formula is C22H23N5O. The van der Waals surface area contributed by atoms with Crippen LogP contribution in [0.1, 0.15) is 46.0 Å². The van der Waals surface area contributed by atoms with Gasteiger partial charge in [-0.3, -0.25) is 4.79 Å². The van der Waals surface area contributed by atoms with Crippen LogP contribution in [0.4, 0.5) is 0 Å². The third-order valence-corrected chi connectivity index (χ3v) is 5.13. The van der Waals surface area contributed by atoms with Gasteiger partial charge in [0.25, 0.3) is 5.91 Å². The molecule has 0 spiro atoms. The molecule has 142 valence electrons. The average molecular weight is 373 g/mol. The van der Waals surface area contributed by atoms with Crippen molar-refractivity contribution in [1.82, 2.24) is 24.5 Å². The van der Waals surface area contributed by atoms with E-state index in [1.807, 2.05) is 72.4 Å². The van der Waals surface area contributed by atoms with Crippen LogP contribution < -0.4 is 5.32 Å². The molecule has 4 rings (SSSR count).